The smallest absolute Gasteiger partial charge is 0.354 e. The molecule has 2 aromatic carbocycles. The predicted octanol–water partition coefficient (Wildman–Crippen LogP) is 5.10. The topological polar surface area (TPSA) is 90.4 Å². The van der Waals surface area contributed by atoms with Gasteiger partial charge in [0.25, 0.3) is 5.91 Å². The fraction of sp³-hybridized carbons (Fsp3) is 0.167. The molecule has 0 aliphatic heterocycles. The lowest BCUT2D eigenvalue weighted by atomic mass is 10.1. The lowest BCUT2D eigenvalue weighted by molar-refractivity contribution is 0.0739. The molecule has 0 fully saturated rings. The average Bonchev–Trinajstić information content (AvgIpc) is 3.11. The number of hydrogen-bond donors (Lipinski definition) is 1. The van der Waals surface area contributed by atoms with Crippen molar-refractivity contribution in [3.05, 3.63) is 76.1 Å². The van der Waals surface area contributed by atoms with Crippen LogP contribution in [0.2, 0.25) is 0 Å². The van der Waals surface area contributed by atoms with Crippen LogP contribution in [0.1, 0.15) is 37.1 Å². The number of amides is 1. The first-order valence-electron chi connectivity index (χ1n) is 9.88. The van der Waals surface area contributed by atoms with Gasteiger partial charge in [-0.15, -0.1) is 11.3 Å². The first-order chi connectivity index (χ1) is 15.4. The Bertz CT molecular complexity index is 1330. The summed E-state index contributed by atoms with van der Waals surface area (Å²) in [5.74, 6) is 0.792. The van der Waals surface area contributed by atoms with Crippen molar-refractivity contribution in [2.45, 2.75) is 20.8 Å². The zero-order chi connectivity index (χ0) is 22.8. The van der Waals surface area contributed by atoms with Gasteiger partial charge in [0, 0.05) is 16.8 Å². The monoisotopic (exact) mass is 447 g/mol. The molecule has 32 heavy (non-hydrogen) atoms. The maximum absolute atomic E-state index is 12.8. The van der Waals surface area contributed by atoms with Crippen molar-refractivity contribution in [2.24, 2.45) is 0 Å². The number of ether oxygens (including phenoxy) is 2. The zero-order valence-corrected chi connectivity index (χ0v) is 18.9. The molecule has 0 aliphatic carbocycles. The van der Waals surface area contributed by atoms with Gasteiger partial charge in [-0.05, 0) is 62.7 Å². The van der Waals surface area contributed by atoms with Crippen LogP contribution in [-0.4, -0.2) is 29.0 Å². The van der Waals surface area contributed by atoms with Crippen molar-refractivity contribution in [1.29, 1.82) is 0 Å². The largest absolute Gasteiger partial charge is 0.496 e. The van der Waals surface area contributed by atoms with E-state index in [0.29, 0.717) is 33.5 Å². The molecule has 2 aromatic heterocycles. The number of fused-ring (bicyclic) bond motifs is 1. The third kappa shape index (κ3) is 4.17. The summed E-state index contributed by atoms with van der Waals surface area (Å²) in [6.07, 6.45) is 0. The normalized spacial score (nSPS) is 10.8. The number of para-hydroxylation sites is 1. The number of methoxy groups -OCH3 is 1. The van der Waals surface area contributed by atoms with Crippen LogP contribution in [0.5, 0.6) is 11.5 Å². The van der Waals surface area contributed by atoms with Gasteiger partial charge in [-0.3, -0.25) is 4.79 Å². The van der Waals surface area contributed by atoms with E-state index in [2.05, 4.69) is 15.3 Å². The highest BCUT2D eigenvalue weighted by Crippen LogP contribution is 2.32. The number of esters is 1. The van der Waals surface area contributed by atoms with E-state index in [9.17, 15) is 9.59 Å². The van der Waals surface area contributed by atoms with Crippen molar-refractivity contribution in [2.75, 3.05) is 12.4 Å². The van der Waals surface area contributed by atoms with E-state index in [1.165, 1.54) is 18.4 Å². The van der Waals surface area contributed by atoms with Crippen molar-refractivity contribution < 1.29 is 19.1 Å². The molecule has 4 rings (SSSR count). The van der Waals surface area contributed by atoms with Gasteiger partial charge >= 0.3 is 5.97 Å². The number of carbonyl (C=O) groups excluding carboxylic acids is 2. The van der Waals surface area contributed by atoms with Gasteiger partial charge in [-0.25, -0.2) is 14.8 Å². The quantitative estimate of drug-likeness (QED) is 0.338. The van der Waals surface area contributed by atoms with E-state index in [1.54, 1.807) is 48.5 Å². The minimum absolute atomic E-state index is 0.292. The molecule has 0 aliphatic rings. The number of aromatic nitrogens is 2. The van der Waals surface area contributed by atoms with Crippen LogP contribution in [0, 0.1) is 20.8 Å². The Hall–Kier alpha value is -3.78. The molecule has 162 valence electrons. The molecule has 8 heteroatoms. The molecule has 0 radical (unpaired) electrons. The maximum atomic E-state index is 12.8. The fourth-order valence-corrected chi connectivity index (χ4v) is 4.61. The number of anilines is 1. The second-order valence-electron chi connectivity index (χ2n) is 7.16. The van der Waals surface area contributed by atoms with Crippen LogP contribution in [-0.2, 0) is 0 Å². The third-order valence-electron chi connectivity index (χ3n) is 4.94. The number of rotatable bonds is 5. The first-order valence-corrected chi connectivity index (χ1v) is 10.7. The molecule has 0 unspecified atom stereocenters. The molecule has 0 bridgehead atoms. The van der Waals surface area contributed by atoms with Gasteiger partial charge < -0.3 is 14.8 Å². The first kappa shape index (κ1) is 21.5. The highest BCUT2D eigenvalue weighted by Gasteiger charge is 2.20. The molecule has 2 heterocycles. The Morgan fingerprint density at radius 1 is 0.969 bits per heavy atom. The summed E-state index contributed by atoms with van der Waals surface area (Å²) >= 11 is 1.30. The second kappa shape index (κ2) is 8.76. The standard InChI is InChI=1S/C24H21N3O4S/c1-13-20-14(2)25-15(3)26-23(20)32-21(13)24(29)31-17-11-9-16(10-12-17)27-22(28)18-7-5-6-8-19(18)30-4/h5-12H,1-4H3,(H,27,28). The molecule has 4 aromatic rings. The molecule has 0 saturated carbocycles. The van der Waals surface area contributed by atoms with E-state index >= 15 is 0 Å². The highest BCUT2D eigenvalue weighted by atomic mass is 32.1. The molecular weight excluding hydrogens is 426 g/mol. The molecule has 1 amide bonds. The van der Waals surface area contributed by atoms with Gasteiger partial charge in [-0.2, -0.15) is 0 Å². The Labute approximate surface area is 189 Å². The van der Waals surface area contributed by atoms with E-state index < -0.39 is 5.97 Å². The number of nitrogens with one attached hydrogen (secondary N) is 1. The number of thiophene rings is 1. The number of nitrogens with zero attached hydrogens (tertiary/aromatic N) is 2. The van der Waals surface area contributed by atoms with Crippen molar-refractivity contribution in [1.82, 2.24) is 9.97 Å². The average molecular weight is 448 g/mol. The second-order valence-corrected chi connectivity index (χ2v) is 8.16. The molecular formula is C24H21N3O4S. The summed E-state index contributed by atoms with van der Waals surface area (Å²) in [6.45, 7) is 5.61. The Balaban J connectivity index is 1.49. The van der Waals surface area contributed by atoms with E-state index in [0.717, 1.165) is 21.5 Å². The summed E-state index contributed by atoms with van der Waals surface area (Å²) in [6, 6.07) is 13.6. The summed E-state index contributed by atoms with van der Waals surface area (Å²) in [5, 5.41) is 3.70. The molecule has 0 spiro atoms. The zero-order valence-electron chi connectivity index (χ0n) is 18.1. The molecule has 1 N–H and O–H groups in total. The van der Waals surface area contributed by atoms with Gasteiger partial charge in [0.15, 0.2) is 0 Å². The number of carbonyl (C=O) groups is 2. The highest BCUT2D eigenvalue weighted by molar-refractivity contribution is 7.20. The lowest BCUT2D eigenvalue weighted by Crippen LogP contribution is -2.13. The van der Waals surface area contributed by atoms with Crippen LogP contribution >= 0.6 is 11.3 Å². The van der Waals surface area contributed by atoms with Crippen LogP contribution in [0.3, 0.4) is 0 Å². The third-order valence-corrected chi connectivity index (χ3v) is 6.11. The number of benzene rings is 2. The summed E-state index contributed by atoms with van der Waals surface area (Å²) in [7, 11) is 1.52. The summed E-state index contributed by atoms with van der Waals surface area (Å²) < 4.78 is 10.8. The van der Waals surface area contributed by atoms with Crippen LogP contribution in [0.15, 0.2) is 48.5 Å². The van der Waals surface area contributed by atoms with E-state index in [4.69, 9.17) is 9.47 Å². The van der Waals surface area contributed by atoms with Gasteiger partial charge in [0.1, 0.15) is 27.0 Å². The van der Waals surface area contributed by atoms with Crippen LogP contribution in [0.4, 0.5) is 5.69 Å². The van der Waals surface area contributed by atoms with Gasteiger partial charge in [0.2, 0.25) is 0 Å². The van der Waals surface area contributed by atoms with Gasteiger partial charge in [0.05, 0.1) is 12.7 Å². The van der Waals surface area contributed by atoms with E-state index in [-0.39, 0.29) is 5.91 Å². The Morgan fingerprint density at radius 3 is 2.41 bits per heavy atom. The van der Waals surface area contributed by atoms with E-state index in [1.807, 2.05) is 20.8 Å². The van der Waals surface area contributed by atoms with Crippen molar-refractivity contribution >= 4 is 39.1 Å². The van der Waals surface area contributed by atoms with Crippen molar-refractivity contribution in [3.63, 3.8) is 0 Å². The number of aryl methyl sites for hydroxylation is 3. The molecule has 0 atom stereocenters. The van der Waals surface area contributed by atoms with Crippen LogP contribution < -0.4 is 14.8 Å². The minimum Gasteiger partial charge on any atom is -0.496 e. The van der Waals surface area contributed by atoms with Crippen molar-refractivity contribution in [3.8, 4) is 11.5 Å². The molecule has 7 nitrogen and oxygen atoms in total. The Morgan fingerprint density at radius 2 is 1.69 bits per heavy atom. The van der Waals surface area contributed by atoms with Crippen LogP contribution in [0.25, 0.3) is 10.2 Å². The fourth-order valence-electron chi connectivity index (χ4n) is 3.46. The SMILES string of the molecule is COc1ccccc1C(=O)Nc1ccc(OC(=O)c2sc3nc(C)nc(C)c3c2C)cc1. The lowest BCUT2D eigenvalue weighted by Gasteiger charge is -2.10. The minimum atomic E-state index is -0.451. The summed E-state index contributed by atoms with van der Waals surface area (Å²) in [5.41, 5.74) is 2.66. The maximum Gasteiger partial charge on any atom is 0.354 e. The van der Waals surface area contributed by atoms with Gasteiger partial charge in [-0.1, -0.05) is 12.1 Å². The molecule has 0 saturated heterocycles. The number of hydrogen-bond acceptors (Lipinski definition) is 7. The summed E-state index contributed by atoms with van der Waals surface area (Å²) in [4.78, 5) is 35.4. The predicted molar refractivity (Wildman–Crippen MR) is 124 cm³/mol. The Kier molecular flexibility index (Phi) is 5.87.